The summed E-state index contributed by atoms with van der Waals surface area (Å²) in [4.78, 5) is 23.1. The van der Waals surface area contributed by atoms with Crippen LogP contribution in [0.2, 0.25) is 0 Å². The van der Waals surface area contributed by atoms with Gasteiger partial charge in [-0.1, -0.05) is 30.3 Å². The van der Waals surface area contributed by atoms with Crippen molar-refractivity contribution in [1.82, 2.24) is 0 Å². The zero-order valence-corrected chi connectivity index (χ0v) is 11.4. The molecule has 0 bridgehead atoms. The highest BCUT2D eigenvalue weighted by molar-refractivity contribution is 6.02. The highest BCUT2D eigenvalue weighted by Crippen LogP contribution is 2.18. The second-order valence-electron chi connectivity index (χ2n) is 4.43. The number of Topliss-reactive ketones (excluding diaryl/α,β-unsaturated/α-hetero) is 1. The minimum atomic E-state index is -0.701. The third-order valence-electron chi connectivity index (χ3n) is 2.81. The van der Waals surface area contributed by atoms with E-state index in [1.165, 1.54) is 19.1 Å². The van der Waals surface area contributed by atoms with Crippen molar-refractivity contribution in [3.63, 3.8) is 0 Å². The molecule has 21 heavy (non-hydrogen) atoms. The number of carbonyl (C=O) groups excluding carboxylic acids is 2. The molecule has 0 heterocycles. The second-order valence-corrected chi connectivity index (χ2v) is 4.43. The molecule has 1 N–H and O–H groups in total. The number of halogens is 1. The van der Waals surface area contributed by atoms with E-state index in [1.807, 2.05) is 30.3 Å². The average Bonchev–Trinajstić information content (AvgIpc) is 2.48. The normalized spacial score (nSPS) is 10.0. The molecule has 0 fully saturated rings. The van der Waals surface area contributed by atoms with Gasteiger partial charge < -0.3 is 4.74 Å². The van der Waals surface area contributed by atoms with Gasteiger partial charge in [0.15, 0.2) is 5.78 Å². The minimum Gasteiger partial charge on any atom is -0.444 e. The van der Waals surface area contributed by atoms with Crippen molar-refractivity contribution >= 4 is 17.6 Å². The Morgan fingerprint density at radius 1 is 1.14 bits per heavy atom. The molecule has 1 amide bonds. The number of nitrogens with one attached hydrogen (secondary N) is 1. The summed E-state index contributed by atoms with van der Waals surface area (Å²) in [6.45, 7) is 1.42. The first-order valence-corrected chi connectivity index (χ1v) is 6.34. The van der Waals surface area contributed by atoms with Gasteiger partial charge in [0.25, 0.3) is 0 Å². The molecule has 2 aromatic rings. The molecule has 0 spiro atoms. The fourth-order valence-corrected chi connectivity index (χ4v) is 1.79. The maximum atomic E-state index is 13.1. The largest absolute Gasteiger partial charge is 0.444 e. The number of ketones is 1. The van der Waals surface area contributed by atoms with E-state index < -0.39 is 11.9 Å². The number of benzene rings is 2. The Morgan fingerprint density at radius 3 is 2.52 bits per heavy atom. The van der Waals surface area contributed by atoms with E-state index in [-0.39, 0.29) is 23.6 Å². The van der Waals surface area contributed by atoms with Crippen LogP contribution in [0.5, 0.6) is 0 Å². The van der Waals surface area contributed by atoms with E-state index in [4.69, 9.17) is 4.74 Å². The maximum Gasteiger partial charge on any atom is 0.411 e. The van der Waals surface area contributed by atoms with E-state index in [1.54, 1.807) is 0 Å². The molecule has 0 aliphatic heterocycles. The lowest BCUT2D eigenvalue weighted by Crippen LogP contribution is -2.15. The molecule has 0 saturated heterocycles. The summed E-state index contributed by atoms with van der Waals surface area (Å²) in [5, 5.41) is 2.44. The van der Waals surface area contributed by atoms with Crippen LogP contribution in [0.25, 0.3) is 0 Å². The molecule has 0 aliphatic rings. The minimum absolute atomic E-state index is 0.103. The monoisotopic (exact) mass is 287 g/mol. The van der Waals surface area contributed by atoms with Crippen LogP contribution in [0, 0.1) is 5.82 Å². The molecular formula is C16H14FNO3. The lowest BCUT2D eigenvalue weighted by Gasteiger charge is -2.10. The molecular weight excluding hydrogens is 273 g/mol. The van der Waals surface area contributed by atoms with Crippen LogP contribution in [0.3, 0.4) is 0 Å². The number of carbonyl (C=O) groups is 2. The van der Waals surface area contributed by atoms with Gasteiger partial charge in [-0.2, -0.15) is 0 Å². The molecule has 0 aliphatic carbocycles. The Bertz CT molecular complexity index is 656. The van der Waals surface area contributed by atoms with Crippen LogP contribution in [-0.4, -0.2) is 11.9 Å². The second kappa shape index (κ2) is 6.65. The highest BCUT2D eigenvalue weighted by Gasteiger charge is 2.12. The predicted molar refractivity (Wildman–Crippen MR) is 76.7 cm³/mol. The lowest BCUT2D eigenvalue weighted by molar-refractivity contribution is 0.101. The molecule has 0 unspecified atom stereocenters. The van der Waals surface area contributed by atoms with Gasteiger partial charge in [0.05, 0.1) is 5.69 Å². The van der Waals surface area contributed by atoms with Gasteiger partial charge in [-0.05, 0) is 30.7 Å². The number of rotatable bonds is 4. The lowest BCUT2D eigenvalue weighted by atomic mass is 10.1. The third-order valence-corrected chi connectivity index (χ3v) is 2.81. The SMILES string of the molecule is CC(=O)c1cc(F)ccc1NC(=O)OCc1ccccc1. The molecule has 5 heteroatoms. The van der Waals surface area contributed by atoms with Crippen LogP contribution in [-0.2, 0) is 11.3 Å². The van der Waals surface area contributed by atoms with Gasteiger partial charge >= 0.3 is 6.09 Å². The fraction of sp³-hybridized carbons (Fsp3) is 0.125. The third kappa shape index (κ3) is 4.14. The Labute approximate surface area is 121 Å². The average molecular weight is 287 g/mol. The van der Waals surface area contributed by atoms with E-state index in [0.29, 0.717) is 0 Å². The number of amides is 1. The highest BCUT2D eigenvalue weighted by atomic mass is 19.1. The maximum absolute atomic E-state index is 13.1. The zero-order chi connectivity index (χ0) is 15.2. The first-order chi connectivity index (χ1) is 10.1. The molecule has 0 radical (unpaired) electrons. The first kappa shape index (κ1) is 14.7. The van der Waals surface area contributed by atoms with Crippen molar-refractivity contribution in [2.75, 3.05) is 5.32 Å². The molecule has 0 saturated carbocycles. The Balaban J connectivity index is 2.01. The van der Waals surface area contributed by atoms with Gasteiger partial charge in [-0.3, -0.25) is 10.1 Å². The van der Waals surface area contributed by atoms with Crippen LogP contribution in [0.1, 0.15) is 22.8 Å². The number of anilines is 1. The molecule has 2 aromatic carbocycles. The van der Waals surface area contributed by atoms with Crippen molar-refractivity contribution in [2.24, 2.45) is 0 Å². The van der Waals surface area contributed by atoms with Crippen molar-refractivity contribution in [3.8, 4) is 0 Å². The summed E-state index contributed by atoms with van der Waals surface area (Å²) in [6.07, 6.45) is -0.701. The topological polar surface area (TPSA) is 55.4 Å². The van der Waals surface area contributed by atoms with Gasteiger partial charge in [0.1, 0.15) is 12.4 Å². The summed E-state index contributed by atoms with van der Waals surface area (Å²) in [5.41, 5.74) is 1.17. The van der Waals surface area contributed by atoms with Crippen LogP contribution < -0.4 is 5.32 Å². The van der Waals surface area contributed by atoms with Crippen molar-refractivity contribution in [1.29, 1.82) is 0 Å². The van der Waals surface area contributed by atoms with Crippen molar-refractivity contribution < 1.29 is 18.7 Å². The Hall–Kier alpha value is -2.69. The van der Waals surface area contributed by atoms with Gasteiger partial charge in [0, 0.05) is 5.56 Å². The summed E-state index contributed by atoms with van der Waals surface area (Å²) < 4.78 is 18.2. The van der Waals surface area contributed by atoms with Crippen molar-refractivity contribution in [2.45, 2.75) is 13.5 Å². The summed E-state index contributed by atoms with van der Waals surface area (Å²) in [7, 11) is 0. The fourth-order valence-electron chi connectivity index (χ4n) is 1.79. The quantitative estimate of drug-likeness (QED) is 0.871. The molecule has 0 atom stereocenters. The molecule has 0 aromatic heterocycles. The molecule has 108 valence electrons. The summed E-state index contributed by atoms with van der Waals surface area (Å²) in [6, 6.07) is 12.8. The zero-order valence-electron chi connectivity index (χ0n) is 11.4. The first-order valence-electron chi connectivity index (χ1n) is 6.34. The van der Waals surface area contributed by atoms with Crippen LogP contribution in [0.15, 0.2) is 48.5 Å². The number of ether oxygens (including phenoxy) is 1. The van der Waals surface area contributed by atoms with Crippen LogP contribution >= 0.6 is 0 Å². The van der Waals surface area contributed by atoms with E-state index in [2.05, 4.69) is 5.32 Å². The van der Waals surface area contributed by atoms with Gasteiger partial charge in [-0.25, -0.2) is 9.18 Å². The standard InChI is InChI=1S/C16H14FNO3/c1-11(19)14-9-13(17)7-8-15(14)18-16(20)21-10-12-5-3-2-4-6-12/h2-9H,10H2,1H3,(H,18,20). The van der Waals surface area contributed by atoms with Crippen LogP contribution in [0.4, 0.5) is 14.9 Å². The van der Waals surface area contributed by atoms with E-state index in [9.17, 15) is 14.0 Å². The predicted octanol–water partition coefficient (Wildman–Crippen LogP) is 3.78. The van der Waals surface area contributed by atoms with Crippen molar-refractivity contribution in [3.05, 3.63) is 65.5 Å². The Morgan fingerprint density at radius 2 is 1.86 bits per heavy atom. The number of hydrogen-bond donors (Lipinski definition) is 1. The summed E-state index contributed by atoms with van der Waals surface area (Å²) >= 11 is 0. The molecule has 4 nitrogen and oxygen atoms in total. The summed E-state index contributed by atoms with van der Waals surface area (Å²) in [5.74, 6) is -0.878. The smallest absolute Gasteiger partial charge is 0.411 e. The van der Waals surface area contributed by atoms with E-state index >= 15 is 0 Å². The Kier molecular flexibility index (Phi) is 4.66. The number of hydrogen-bond acceptors (Lipinski definition) is 3. The van der Waals surface area contributed by atoms with Gasteiger partial charge in [0.2, 0.25) is 0 Å². The van der Waals surface area contributed by atoms with Gasteiger partial charge in [-0.15, -0.1) is 0 Å². The van der Waals surface area contributed by atoms with E-state index in [0.717, 1.165) is 11.6 Å². The molecule has 2 rings (SSSR count).